The van der Waals surface area contributed by atoms with E-state index in [1.165, 1.54) is 212 Å². The van der Waals surface area contributed by atoms with E-state index >= 15 is 0 Å². The fourth-order valence-corrected chi connectivity index (χ4v) is 10.2. The van der Waals surface area contributed by atoms with Gasteiger partial charge in [-0.2, -0.15) is 0 Å². The molecule has 0 fully saturated rings. The number of ether oxygens (including phenoxy) is 3. The van der Waals surface area contributed by atoms with Gasteiger partial charge in [-0.05, 0) is 122 Å². The lowest BCUT2D eigenvalue weighted by Gasteiger charge is -2.18. The third-order valence-electron chi connectivity index (χ3n) is 15.5. The highest BCUT2D eigenvalue weighted by Gasteiger charge is 2.19. The third-order valence-corrected chi connectivity index (χ3v) is 15.5. The molecule has 0 heterocycles. The highest BCUT2D eigenvalue weighted by molar-refractivity contribution is 5.71. The Morgan fingerprint density at radius 1 is 0.253 bits per heavy atom. The van der Waals surface area contributed by atoms with E-state index in [0.29, 0.717) is 19.3 Å². The molecule has 0 aliphatic heterocycles. The molecule has 0 aromatic carbocycles. The lowest BCUT2D eigenvalue weighted by Crippen LogP contribution is -2.30. The van der Waals surface area contributed by atoms with Crippen LogP contribution >= 0.6 is 0 Å². The van der Waals surface area contributed by atoms with Crippen LogP contribution in [0.25, 0.3) is 0 Å². The zero-order valence-electron chi connectivity index (χ0n) is 54.9. The molecule has 0 aliphatic rings. The average Bonchev–Trinajstić information content (AvgIpc) is 3.49. The average molecular weight is 1160 g/mol. The molecule has 6 heteroatoms. The van der Waals surface area contributed by atoms with Crippen LogP contribution in [0.1, 0.15) is 355 Å². The lowest BCUT2D eigenvalue weighted by molar-refractivity contribution is -0.167. The van der Waals surface area contributed by atoms with Crippen molar-refractivity contribution < 1.29 is 28.6 Å². The number of esters is 3. The third kappa shape index (κ3) is 69.0. The van der Waals surface area contributed by atoms with Crippen molar-refractivity contribution in [3.63, 3.8) is 0 Å². The Morgan fingerprint density at radius 2 is 0.470 bits per heavy atom. The number of rotatable bonds is 65. The molecular weight excluding hydrogens is 1020 g/mol. The van der Waals surface area contributed by atoms with Gasteiger partial charge >= 0.3 is 17.9 Å². The van der Waals surface area contributed by atoms with E-state index in [1.807, 2.05) is 0 Å². The lowest BCUT2D eigenvalue weighted by atomic mass is 10.0. The molecule has 0 amide bonds. The predicted octanol–water partition coefficient (Wildman–Crippen LogP) is 24.8. The van der Waals surface area contributed by atoms with Crippen LogP contribution in [0.4, 0.5) is 0 Å². The summed E-state index contributed by atoms with van der Waals surface area (Å²) < 4.78 is 16.9. The first kappa shape index (κ1) is 79.3. The van der Waals surface area contributed by atoms with Gasteiger partial charge in [-0.1, -0.05) is 311 Å². The molecule has 0 spiro atoms. The first-order valence-electron chi connectivity index (χ1n) is 35.7. The zero-order valence-corrected chi connectivity index (χ0v) is 54.9. The largest absolute Gasteiger partial charge is 0.462 e. The van der Waals surface area contributed by atoms with E-state index in [2.05, 4.69) is 118 Å². The van der Waals surface area contributed by atoms with Crippen LogP contribution in [-0.2, 0) is 28.6 Å². The second-order valence-corrected chi connectivity index (χ2v) is 23.8. The fraction of sp³-hybridized carbons (Fsp3) is 0.753. The maximum absolute atomic E-state index is 12.9. The van der Waals surface area contributed by atoms with E-state index < -0.39 is 6.10 Å². The SMILES string of the molecule is CC/C=C\C/C=C\C/C=C\CCCCCC(=O)OCC(COC(=O)CCCCCCCCCCCCCCCCCCCC/C=C\C/C=C\C/C=C\CCCCCCC)OC(=O)CCCCCCCCCCC/C=C\C/C=C\CCCCC. The van der Waals surface area contributed by atoms with Gasteiger partial charge in [0.05, 0.1) is 0 Å². The number of hydrogen-bond donors (Lipinski definition) is 0. The number of carbonyl (C=O) groups is 3. The molecule has 0 aromatic rings. The standard InChI is InChI=1S/C77H134O6/c1-4-7-10-13-16-19-22-25-27-29-31-32-33-34-35-36-37-38-39-40-41-42-43-44-46-47-49-52-55-58-61-64-67-70-76(79)82-73-74(72-81-75(78)69-66-63-60-57-54-51-24-21-18-15-12-9-6-3)83-77(80)71-68-65-62-59-56-53-50-48-45-30-28-26-23-20-17-14-11-8-5-2/h9,12,17-18,20-22,25-26,28-29,31,33-34,51,54,74H,4-8,10-11,13-16,19,23-24,27,30,32,35-50,52-53,55-73H2,1-3H3/b12-9-,20-17-,21-18-,25-22-,28-26-,31-29-,34-33-,54-51-. The van der Waals surface area contributed by atoms with Gasteiger partial charge in [0, 0.05) is 19.3 Å². The van der Waals surface area contributed by atoms with Crippen LogP contribution in [0.2, 0.25) is 0 Å². The van der Waals surface area contributed by atoms with E-state index in [4.69, 9.17) is 14.2 Å². The number of hydrogen-bond acceptors (Lipinski definition) is 6. The highest BCUT2D eigenvalue weighted by Crippen LogP contribution is 2.17. The summed E-state index contributed by atoms with van der Waals surface area (Å²) in [5, 5.41) is 0. The molecule has 1 atom stereocenters. The predicted molar refractivity (Wildman–Crippen MR) is 362 cm³/mol. The number of carbonyl (C=O) groups excluding carboxylic acids is 3. The highest BCUT2D eigenvalue weighted by atomic mass is 16.6. The summed E-state index contributed by atoms with van der Waals surface area (Å²) in [5.74, 6) is -0.906. The molecular formula is C77H134O6. The molecule has 478 valence electrons. The normalized spacial score (nSPS) is 12.7. The van der Waals surface area contributed by atoms with Crippen molar-refractivity contribution in [2.75, 3.05) is 13.2 Å². The summed E-state index contributed by atoms with van der Waals surface area (Å²) in [6.45, 7) is 6.50. The van der Waals surface area contributed by atoms with E-state index in [-0.39, 0.29) is 31.1 Å². The van der Waals surface area contributed by atoms with Gasteiger partial charge in [0.2, 0.25) is 0 Å². The van der Waals surface area contributed by atoms with Gasteiger partial charge < -0.3 is 14.2 Å². The monoisotopic (exact) mass is 1160 g/mol. The Bertz CT molecular complexity index is 1610. The number of allylic oxidation sites excluding steroid dienone is 16. The molecule has 0 rings (SSSR count). The Balaban J connectivity index is 4.19. The summed E-state index contributed by atoms with van der Waals surface area (Å²) in [6, 6.07) is 0. The molecule has 0 radical (unpaired) electrons. The number of unbranched alkanes of at least 4 members (excludes halogenated alkanes) is 38. The van der Waals surface area contributed by atoms with Gasteiger partial charge in [-0.25, -0.2) is 0 Å². The maximum atomic E-state index is 12.9. The van der Waals surface area contributed by atoms with Crippen LogP contribution in [0, 0.1) is 0 Å². The molecule has 0 bridgehead atoms. The van der Waals surface area contributed by atoms with Gasteiger partial charge in [0.25, 0.3) is 0 Å². The molecule has 6 nitrogen and oxygen atoms in total. The quantitative estimate of drug-likeness (QED) is 0.0261. The molecule has 0 aromatic heterocycles. The Hall–Kier alpha value is -3.67. The smallest absolute Gasteiger partial charge is 0.306 e. The summed E-state index contributed by atoms with van der Waals surface area (Å²) in [7, 11) is 0. The van der Waals surface area contributed by atoms with Crippen molar-refractivity contribution in [2.24, 2.45) is 0 Å². The summed E-state index contributed by atoms with van der Waals surface area (Å²) in [4.78, 5) is 38.4. The van der Waals surface area contributed by atoms with Crippen molar-refractivity contribution in [1.29, 1.82) is 0 Å². The van der Waals surface area contributed by atoms with Crippen molar-refractivity contribution in [3.05, 3.63) is 97.2 Å². The minimum Gasteiger partial charge on any atom is -0.462 e. The van der Waals surface area contributed by atoms with Crippen LogP contribution in [0.3, 0.4) is 0 Å². The fourth-order valence-electron chi connectivity index (χ4n) is 10.2. The molecule has 0 saturated heterocycles. The van der Waals surface area contributed by atoms with Crippen LogP contribution < -0.4 is 0 Å². The molecule has 83 heavy (non-hydrogen) atoms. The molecule has 0 N–H and O–H groups in total. The minimum absolute atomic E-state index is 0.0861. The van der Waals surface area contributed by atoms with Crippen molar-refractivity contribution in [2.45, 2.75) is 361 Å². The van der Waals surface area contributed by atoms with E-state index in [9.17, 15) is 14.4 Å². The topological polar surface area (TPSA) is 78.9 Å². The second-order valence-electron chi connectivity index (χ2n) is 23.8. The minimum atomic E-state index is -0.793. The molecule has 1 unspecified atom stereocenters. The van der Waals surface area contributed by atoms with Crippen molar-refractivity contribution >= 4 is 17.9 Å². The van der Waals surface area contributed by atoms with Crippen molar-refractivity contribution in [1.82, 2.24) is 0 Å². The first-order chi connectivity index (χ1) is 41.0. The van der Waals surface area contributed by atoms with Gasteiger partial charge in [0.15, 0.2) is 6.10 Å². The van der Waals surface area contributed by atoms with Crippen LogP contribution in [0.15, 0.2) is 97.2 Å². The maximum Gasteiger partial charge on any atom is 0.306 e. The van der Waals surface area contributed by atoms with Crippen molar-refractivity contribution in [3.8, 4) is 0 Å². The summed E-state index contributed by atoms with van der Waals surface area (Å²) in [6.07, 6.45) is 95.9. The Morgan fingerprint density at radius 3 is 0.771 bits per heavy atom. The summed E-state index contributed by atoms with van der Waals surface area (Å²) >= 11 is 0. The Kier molecular flexibility index (Phi) is 67.7. The van der Waals surface area contributed by atoms with Crippen LogP contribution in [-0.4, -0.2) is 37.2 Å². The van der Waals surface area contributed by atoms with Gasteiger partial charge in [-0.3, -0.25) is 14.4 Å². The zero-order chi connectivity index (χ0) is 59.9. The second kappa shape index (κ2) is 70.8. The molecule has 0 aliphatic carbocycles. The van der Waals surface area contributed by atoms with Gasteiger partial charge in [-0.15, -0.1) is 0 Å². The van der Waals surface area contributed by atoms with E-state index in [0.717, 1.165) is 103 Å². The van der Waals surface area contributed by atoms with Crippen LogP contribution in [0.5, 0.6) is 0 Å². The molecule has 0 saturated carbocycles. The van der Waals surface area contributed by atoms with E-state index in [1.54, 1.807) is 0 Å². The van der Waals surface area contributed by atoms with Gasteiger partial charge in [0.1, 0.15) is 13.2 Å². The first-order valence-corrected chi connectivity index (χ1v) is 35.7. The Labute approximate surface area is 515 Å². The summed E-state index contributed by atoms with van der Waals surface area (Å²) in [5.41, 5.74) is 0.